The Hall–Kier alpha value is 0.01000. The summed E-state index contributed by atoms with van der Waals surface area (Å²) in [6.07, 6.45) is 3.87. The molecular weight excluding hydrogens is 158 g/mol. The maximum Gasteiger partial charge on any atom is 0.0857 e. The van der Waals surface area contributed by atoms with Crippen LogP contribution in [0.15, 0.2) is 11.0 Å². The van der Waals surface area contributed by atoms with Crippen molar-refractivity contribution in [2.75, 3.05) is 19.3 Å². The van der Waals surface area contributed by atoms with E-state index >= 15 is 0 Å². The summed E-state index contributed by atoms with van der Waals surface area (Å²) >= 11 is 1.78. The maximum absolute atomic E-state index is 9.55. The van der Waals surface area contributed by atoms with Gasteiger partial charge in [-0.2, -0.15) is 0 Å². The van der Waals surface area contributed by atoms with Gasteiger partial charge < -0.3 is 10.4 Å². The van der Waals surface area contributed by atoms with Crippen molar-refractivity contribution >= 4 is 11.8 Å². The molecule has 0 aliphatic carbocycles. The van der Waals surface area contributed by atoms with Gasteiger partial charge in [-0.15, -0.1) is 11.8 Å². The molecule has 1 rings (SSSR count). The normalized spacial score (nSPS) is 20.0. The summed E-state index contributed by atoms with van der Waals surface area (Å²) in [4.78, 5) is 1.17. The average Bonchev–Trinajstić information content (AvgIpc) is 2.52. The number of aliphatic hydroxyl groups excluding tert-OH is 1. The Morgan fingerprint density at radius 3 is 3.18 bits per heavy atom. The molecule has 1 heterocycles. The number of rotatable bonds is 4. The lowest BCUT2D eigenvalue weighted by molar-refractivity contribution is 0.209. The molecule has 0 radical (unpaired) electrons. The van der Waals surface area contributed by atoms with Crippen LogP contribution in [0.25, 0.3) is 0 Å². The zero-order valence-corrected chi connectivity index (χ0v) is 7.66. The fourth-order valence-corrected chi connectivity index (χ4v) is 2.11. The van der Waals surface area contributed by atoms with Crippen LogP contribution < -0.4 is 5.32 Å². The minimum Gasteiger partial charge on any atom is -0.388 e. The molecule has 0 aromatic carbocycles. The number of aliphatic hydroxyl groups is 1. The Labute approximate surface area is 72.1 Å². The number of hydrogen-bond donors (Lipinski definition) is 2. The molecule has 1 atom stereocenters. The fourth-order valence-electron chi connectivity index (χ4n) is 1.09. The highest BCUT2D eigenvalue weighted by Gasteiger charge is 2.13. The summed E-state index contributed by atoms with van der Waals surface area (Å²) in [6, 6.07) is 0. The molecule has 3 heteroatoms. The van der Waals surface area contributed by atoms with Crippen molar-refractivity contribution < 1.29 is 5.11 Å². The van der Waals surface area contributed by atoms with Crippen LogP contribution in [0.2, 0.25) is 0 Å². The van der Waals surface area contributed by atoms with Gasteiger partial charge >= 0.3 is 0 Å². The monoisotopic (exact) mass is 173 g/mol. The molecule has 11 heavy (non-hydrogen) atoms. The molecule has 0 saturated carbocycles. The molecule has 1 aliphatic heterocycles. The lowest BCUT2D eigenvalue weighted by Crippen LogP contribution is -2.17. The van der Waals surface area contributed by atoms with Crippen molar-refractivity contribution in [2.45, 2.75) is 18.9 Å². The van der Waals surface area contributed by atoms with Gasteiger partial charge in [-0.25, -0.2) is 0 Å². The summed E-state index contributed by atoms with van der Waals surface area (Å²) in [5.41, 5.74) is 0. The minimum absolute atomic E-state index is 0.227. The third-order valence-corrected chi connectivity index (χ3v) is 2.94. The number of hydrogen-bond acceptors (Lipinski definition) is 3. The van der Waals surface area contributed by atoms with Crippen molar-refractivity contribution in [3.63, 3.8) is 0 Å². The van der Waals surface area contributed by atoms with Gasteiger partial charge in [-0.05, 0) is 26.4 Å². The van der Waals surface area contributed by atoms with E-state index in [2.05, 4.69) is 11.4 Å². The predicted molar refractivity (Wildman–Crippen MR) is 49.7 cm³/mol. The first-order valence-corrected chi connectivity index (χ1v) is 4.98. The number of nitrogens with one attached hydrogen (secondary N) is 1. The first-order chi connectivity index (χ1) is 5.34. The first-order valence-electron chi connectivity index (χ1n) is 4.00. The molecule has 0 aromatic heterocycles. The molecule has 1 aliphatic rings. The molecule has 0 saturated heterocycles. The third-order valence-electron chi connectivity index (χ3n) is 1.73. The number of allylic oxidation sites excluding steroid dienone is 1. The average molecular weight is 173 g/mol. The summed E-state index contributed by atoms with van der Waals surface area (Å²) in [7, 11) is 1.91. The van der Waals surface area contributed by atoms with Crippen molar-refractivity contribution in [3.8, 4) is 0 Å². The van der Waals surface area contributed by atoms with Crippen LogP contribution >= 0.6 is 11.8 Å². The standard InChI is InChI=1S/C8H15NOS/c1-9-5-4-7(10)8-3-2-6-11-8/h3,7,9-10H,2,4-6H2,1H3/t7-/m1/s1. The van der Waals surface area contributed by atoms with Gasteiger partial charge in [0, 0.05) is 10.7 Å². The van der Waals surface area contributed by atoms with E-state index in [0.29, 0.717) is 0 Å². The molecule has 2 nitrogen and oxygen atoms in total. The number of thioether (sulfide) groups is 1. The van der Waals surface area contributed by atoms with Gasteiger partial charge in [-0.1, -0.05) is 6.08 Å². The summed E-state index contributed by atoms with van der Waals surface area (Å²) in [5, 5.41) is 12.6. The molecule has 0 aromatic rings. The molecular formula is C8H15NOS. The van der Waals surface area contributed by atoms with Gasteiger partial charge in [0.25, 0.3) is 0 Å². The molecule has 0 unspecified atom stereocenters. The molecule has 0 fully saturated rings. The van der Waals surface area contributed by atoms with Gasteiger partial charge in [0.2, 0.25) is 0 Å². The fraction of sp³-hybridized carbons (Fsp3) is 0.750. The van der Waals surface area contributed by atoms with E-state index in [1.54, 1.807) is 11.8 Å². The maximum atomic E-state index is 9.55. The molecule has 0 spiro atoms. The lowest BCUT2D eigenvalue weighted by Gasteiger charge is -2.09. The van der Waals surface area contributed by atoms with Crippen LogP contribution in [-0.2, 0) is 0 Å². The first kappa shape index (κ1) is 9.10. The van der Waals surface area contributed by atoms with Crippen molar-refractivity contribution in [2.24, 2.45) is 0 Å². The summed E-state index contributed by atoms with van der Waals surface area (Å²) in [5.74, 6) is 1.14. The zero-order chi connectivity index (χ0) is 8.10. The highest BCUT2D eigenvalue weighted by Crippen LogP contribution is 2.28. The second-order valence-corrected chi connectivity index (χ2v) is 3.82. The van der Waals surface area contributed by atoms with E-state index in [0.717, 1.165) is 25.1 Å². The third kappa shape index (κ3) is 2.85. The Bertz CT molecular complexity index is 147. The van der Waals surface area contributed by atoms with Crippen LogP contribution in [0.5, 0.6) is 0 Å². The Morgan fingerprint density at radius 2 is 2.64 bits per heavy atom. The second-order valence-electron chi connectivity index (χ2n) is 2.65. The van der Waals surface area contributed by atoms with E-state index in [9.17, 15) is 5.11 Å². The largest absolute Gasteiger partial charge is 0.388 e. The molecule has 0 amide bonds. The Morgan fingerprint density at radius 1 is 1.82 bits per heavy atom. The second kappa shape index (κ2) is 4.80. The minimum atomic E-state index is -0.227. The zero-order valence-electron chi connectivity index (χ0n) is 6.84. The molecule has 0 bridgehead atoms. The Kier molecular flexibility index (Phi) is 3.97. The molecule has 64 valence electrons. The summed E-state index contributed by atoms with van der Waals surface area (Å²) < 4.78 is 0. The van der Waals surface area contributed by atoms with Crippen LogP contribution in [0.3, 0.4) is 0 Å². The van der Waals surface area contributed by atoms with Gasteiger partial charge in [0.15, 0.2) is 0 Å². The van der Waals surface area contributed by atoms with E-state index in [1.807, 2.05) is 7.05 Å². The van der Waals surface area contributed by atoms with E-state index in [1.165, 1.54) is 4.91 Å². The van der Waals surface area contributed by atoms with Gasteiger partial charge in [-0.3, -0.25) is 0 Å². The van der Waals surface area contributed by atoms with E-state index in [4.69, 9.17) is 0 Å². The lowest BCUT2D eigenvalue weighted by atomic mass is 10.2. The topological polar surface area (TPSA) is 32.3 Å². The van der Waals surface area contributed by atoms with Crippen molar-refractivity contribution in [1.29, 1.82) is 0 Å². The summed E-state index contributed by atoms with van der Waals surface area (Å²) in [6.45, 7) is 0.888. The van der Waals surface area contributed by atoms with Crippen molar-refractivity contribution in [3.05, 3.63) is 11.0 Å². The van der Waals surface area contributed by atoms with Gasteiger partial charge in [0.1, 0.15) is 0 Å². The Balaban J connectivity index is 2.23. The van der Waals surface area contributed by atoms with E-state index < -0.39 is 0 Å². The SMILES string of the molecule is CNCC[C@@H](O)C1=CCCS1. The highest BCUT2D eigenvalue weighted by molar-refractivity contribution is 8.03. The quantitative estimate of drug-likeness (QED) is 0.664. The predicted octanol–water partition coefficient (Wildman–Crippen LogP) is 0.978. The van der Waals surface area contributed by atoms with Crippen LogP contribution in [0.1, 0.15) is 12.8 Å². The highest BCUT2D eigenvalue weighted by atomic mass is 32.2. The van der Waals surface area contributed by atoms with Crippen LogP contribution in [-0.4, -0.2) is 30.6 Å². The van der Waals surface area contributed by atoms with Gasteiger partial charge in [0.05, 0.1) is 6.10 Å². The van der Waals surface area contributed by atoms with Crippen LogP contribution in [0.4, 0.5) is 0 Å². The molecule has 2 N–H and O–H groups in total. The smallest absolute Gasteiger partial charge is 0.0857 e. The van der Waals surface area contributed by atoms with E-state index in [-0.39, 0.29) is 6.10 Å². The van der Waals surface area contributed by atoms with Crippen molar-refractivity contribution in [1.82, 2.24) is 5.32 Å². The van der Waals surface area contributed by atoms with Crippen LogP contribution in [0, 0.1) is 0 Å².